The molecule has 3 heterocycles. The van der Waals surface area contributed by atoms with Crippen molar-refractivity contribution in [3.8, 4) is 17.0 Å². The molecule has 0 spiro atoms. The Morgan fingerprint density at radius 3 is 2.76 bits per heavy atom. The summed E-state index contributed by atoms with van der Waals surface area (Å²) in [6, 6.07) is 10.0. The first-order valence-electron chi connectivity index (χ1n) is 10.7. The van der Waals surface area contributed by atoms with Gasteiger partial charge < -0.3 is 19.5 Å². The van der Waals surface area contributed by atoms with Crippen LogP contribution in [-0.4, -0.2) is 58.7 Å². The normalized spacial score (nSPS) is 14.9. The van der Waals surface area contributed by atoms with E-state index in [0.29, 0.717) is 35.6 Å². The predicted octanol–water partition coefficient (Wildman–Crippen LogP) is 3.81. The summed E-state index contributed by atoms with van der Waals surface area (Å²) in [6.07, 6.45) is 1.58. The summed E-state index contributed by atoms with van der Waals surface area (Å²) in [5.41, 5.74) is 2.80. The summed E-state index contributed by atoms with van der Waals surface area (Å²) >= 11 is 6.30. The van der Waals surface area contributed by atoms with Crippen LogP contribution in [0.5, 0.6) is 5.75 Å². The second-order valence-corrected chi connectivity index (χ2v) is 8.21. The van der Waals surface area contributed by atoms with Gasteiger partial charge in [0.05, 0.1) is 43.4 Å². The molecule has 1 N–H and O–H groups in total. The van der Waals surface area contributed by atoms with Crippen LogP contribution in [0.1, 0.15) is 17.4 Å². The maximum absolute atomic E-state index is 15.1. The standard InChI is InChI=1S/C24H21ClFN5O3/c1-33-15-9-22(30-29-12-15)24(32)17-10-18(20(26)11-19(17)25)23-16-3-2-14(8-21(16)27-13-28-23)31-4-6-34-7-5-31/h2-3,8-13,24,32H,4-7H2,1H3. The molecule has 1 fully saturated rings. The van der Waals surface area contributed by atoms with E-state index in [0.717, 1.165) is 18.8 Å². The number of benzene rings is 2. The Balaban J connectivity index is 1.57. The number of halogens is 2. The molecule has 1 aliphatic rings. The van der Waals surface area contributed by atoms with Gasteiger partial charge in [-0.05, 0) is 30.3 Å². The van der Waals surface area contributed by atoms with Crippen LogP contribution in [0.3, 0.4) is 0 Å². The molecule has 1 unspecified atom stereocenters. The van der Waals surface area contributed by atoms with E-state index < -0.39 is 11.9 Å². The molecule has 2 aromatic carbocycles. The van der Waals surface area contributed by atoms with Crippen molar-refractivity contribution < 1.29 is 19.0 Å². The van der Waals surface area contributed by atoms with E-state index in [-0.39, 0.29) is 21.8 Å². The van der Waals surface area contributed by atoms with Gasteiger partial charge >= 0.3 is 0 Å². The van der Waals surface area contributed by atoms with E-state index in [1.165, 1.54) is 31.8 Å². The van der Waals surface area contributed by atoms with Crippen molar-refractivity contribution >= 4 is 28.2 Å². The van der Waals surface area contributed by atoms with Gasteiger partial charge in [0.1, 0.15) is 24.0 Å². The van der Waals surface area contributed by atoms with E-state index in [2.05, 4.69) is 25.1 Å². The van der Waals surface area contributed by atoms with Gasteiger partial charge in [-0.25, -0.2) is 14.4 Å². The molecule has 8 nitrogen and oxygen atoms in total. The Kier molecular flexibility index (Phi) is 6.23. The molecule has 0 amide bonds. The highest BCUT2D eigenvalue weighted by Gasteiger charge is 2.22. The SMILES string of the molecule is COc1cnnc(C(O)c2cc(-c3ncnc4cc(N5CCOCC5)ccc34)c(F)cc2Cl)c1. The van der Waals surface area contributed by atoms with E-state index in [1.54, 1.807) is 6.07 Å². The molecule has 0 saturated carbocycles. The Morgan fingerprint density at radius 1 is 1.15 bits per heavy atom. The lowest BCUT2D eigenvalue weighted by Crippen LogP contribution is -2.36. The molecule has 1 atom stereocenters. The second kappa shape index (κ2) is 9.46. The summed E-state index contributed by atoms with van der Waals surface area (Å²) in [5, 5.41) is 19.5. The predicted molar refractivity (Wildman–Crippen MR) is 126 cm³/mol. The maximum Gasteiger partial charge on any atom is 0.140 e. The Labute approximate surface area is 200 Å². The lowest BCUT2D eigenvalue weighted by atomic mass is 9.99. The van der Waals surface area contributed by atoms with Crippen molar-refractivity contribution in [2.45, 2.75) is 6.10 Å². The van der Waals surface area contributed by atoms with Gasteiger partial charge in [-0.3, -0.25) is 0 Å². The van der Waals surface area contributed by atoms with Crippen molar-refractivity contribution in [2.24, 2.45) is 0 Å². The third-order valence-electron chi connectivity index (χ3n) is 5.80. The molecule has 2 aromatic heterocycles. The smallest absolute Gasteiger partial charge is 0.140 e. The summed E-state index contributed by atoms with van der Waals surface area (Å²) in [5.74, 6) is -0.129. The maximum atomic E-state index is 15.1. The fraction of sp³-hybridized carbons (Fsp3) is 0.250. The zero-order chi connectivity index (χ0) is 23.7. The van der Waals surface area contributed by atoms with Crippen LogP contribution in [-0.2, 0) is 4.74 Å². The molecule has 1 aliphatic heterocycles. The lowest BCUT2D eigenvalue weighted by molar-refractivity contribution is 0.122. The minimum Gasteiger partial charge on any atom is -0.495 e. The summed E-state index contributed by atoms with van der Waals surface area (Å²) < 4.78 is 25.7. The van der Waals surface area contributed by atoms with Gasteiger partial charge in [0, 0.05) is 46.4 Å². The number of nitrogens with zero attached hydrogens (tertiary/aromatic N) is 5. The van der Waals surface area contributed by atoms with E-state index in [4.69, 9.17) is 21.1 Å². The van der Waals surface area contributed by atoms with Gasteiger partial charge in [0.15, 0.2) is 0 Å². The zero-order valence-corrected chi connectivity index (χ0v) is 19.0. The largest absolute Gasteiger partial charge is 0.495 e. The Hall–Kier alpha value is -3.40. The van der Waals surface area contributed by atoms with Crippen LogP contribution in [0.2, 0.25) is 5.02 Å². The van der Waals surface area contributed by atoms with Crippen LogP contribution >= 0.6 is 11.6 Å². The first kappa shape index (κ1) is 22.4. The fourth-order valence-corrected chi connectivity index (χ4v) is 4.26. The zero-order valence-electron chi connectivity index (χ0n) is 18.3. The van der Waals surface area contributed by atoms with Crippen molar-refractivity contribution in [2.75, 3.05) is 38.3 Å². The van der Waals surface area contributed by atoms with Gasteiger partial charge in [-0.15, -0.1) is 0 Å². The molecule has 1 saturated heterocycles. The molecule has 0 radical (unpaired) electrons. The first-order chi connectivity index (χ1) is 16.5. The average Bonchev–Trinajstić information content (AvgIpc) is 2.88. The summed E-state index contributed by atoms with van der Waals surface area (Å²) in [4.78, 5) is 11.0. The second-order valence-electron chi connectivity index (χ2n) is 7.80. The number of methoxy groups -OCH3 is 1. The number of aromatic nitrogens is 4. The number of aliphatic hydroxyl groups is 1. The molecule has 174 valence electrons. The third kappa shape index (κ3) is 4.25. The van der Waals surface area contributed by atoms with Crippen molar-refractivity contribution in [3.63, 3.8) is 0 Å². The van der Waals surface area contributed by atoms with E-state index in [9.17, 15) is 5.11 Å². The number of ether oxygens (including phenoxy) is 2. The third-order valence-corrected chi connectivity index (χ3v) is 6.12. The monoisotopic (exact) mass is 481 g/mol. The molecule has 0 aliphatic carbocycles. The number of anilines is 1. The Bertz CT molecular complexity index is 1350. The minimum atomic E-state index is -1.24. The number of hydrogen-bond donors (Lipinski definition) is 1. The van der Waals surface area contributed by atoms with E-state index in [1.807, 2.05) is 18.2 Å². The fourth-order valence-electron chi connectivity index (χ4n) is 4.00. The van der Waals surface area contributed by atoms with Crippen LogP contribution in [0, 0.1) is 5.82 Å². The molecule has 0 bridgehead atoms. The average molecular weight is 482 g/mol. The summed E-state index contributed by atoms with van der Waals surface area (Å²) in [6.45, 7) is 2.94. The van der Waals surface area contributed by atoms with Crippen LogP contribution in [0.4, 0.5) is 10.1 Å². The molecular weight excluding hydrogens is 461 g/mol. The highest BCUT2D eigenvalue weighted by molar-refractivity contribution is 6.31. The number of aliphatic hydroxyl groups excluding tert-OH is 1. The van der Waals surface area contributed by atoms with Crippen molar-refractivity contribution in [1.29, 1.82) is 0 Å². The van der Waals surface area contributed by atoms with E-state index >= 15 is 4.39 Å². The van der Waals surface area contributed by atoms with Crippen LogP contribution < -0.4 is 9.64 Å². The van der Waals surface area contributed by atoms with Gasteiger partial charge in [0.2, 0.25) is 0 Å². The van der Waals surface area contributed by atoms with Crippen LogP contribution in [0.25, 0.3) is 22.2 Å². The topological polar surface area (TPSA) is 93.5 Å². The van der Waals surface area contributed by atoms with Crippen LogP contribution in [0.15, 0.2) is 48.9 Å². The number of fused-ring (bicyclic) bond motifs is 1. The van der Waals surface area contributed by atoms with Crippen molar-refractivity contribution in [3.05, 3.63) is 71.0 Å². The quantitative estimate of drug-likeness (QED) is 0.460. The number of hydrogen-bond acceptors (Lipinski definition) is 8. The van der Waals surface area contributed by atoms with Gasteiger partial charge in [0.25, 0.3) is 0 Å². The minimum absolute atomic E-state index is 0.0614. The molecule has 4 aromatic rings. The van der Waals surface area contributed by atoms with Crippen molar-refractivity contribution in [1.82, 2.24) is 20.2 Å². The molecule has 5 rings (SSSR count). The molecular formula is C24H21ClFN5O3. The Morgan fingerprint density at radius 2 is 1.97 bits per heavy atom. The molecule has 10 heteroatoms. The number of rotatable bonds is 5. The molecule has 34 heavy (non-hydrogen) atoms. The number of morpholine rings is 1. The highest BCUT2D eigenvalue weighted by atomic mass is 35.5. The lowest BCUT2D eigenvalue weighted by Gasteiger charge is -2.29. The first-order valence-corrected chi connectivity index (χ1v) is 11.0. The van der Waals surface area contributed by atoms with Gasteiger partial charge in [-0.1, -0.05) is 11.6 Å². The summed E-state index contributed by atoms with van der Waals surface area (Å²) in [7, 11) is 1.49. The van der Waals surface area contributed by atoms with Gasteiger partial charge in [-0.2, -0.15) is 10.2 Å². The highest BCUT2D eigenvalue weighted by Crippen LogP contribution is 2.36.